The van der Waals surface area contributed by atoms with Crippen molar-refractivity contribution < 1.29 is 4.74 Å². The Kier molecular flexibility index (Phi) is 9.70. The Morgan fingerprint density at radius 3 is 2.71 bits per heavy atom. The third kappa shape index (κ3) is 6.64. The average molecular weight is 460 g/mol. The molecule has 0 saturated heterocycles. The smallest absolute Gasteiger partial charge is 0.218 e. The number of ether oxygens (including phenoxy) is 1. The molecule has 0 spiro atoms. The van der Waals surface area contributed by atoms with E-state index in [1.807, 2.05) is 12.1 Å². The van der Waals surface area contributed by atoms with Crippen LogP contribution in [0, 0.1) is 6.92 Å². The van der Waals surface area contributed by atoms with Crippen LogP contribution in [0.3, 0.4) is 0 Å². The Balaban J connectivity index is 0.00000288. The van der Waals surface area contributed by atoms with Crippen LogP contribution in [0.2, 0.25) is 0 Å². The number of halogens is 1. The van der Waals surface area contributed by atoms with E-state index in [2.05, 4.69) is 46.6 Å². The summed E-state index contributed by atoms with van der Waals surface area (Å²) in [6.07, 6.45) is 2.72. The minimum absolute atomic E-state index is 0. The molecule has 0 aliphatic heterocycles. The number of hydrogen-bond acceptors (Lipinski definition) is 4. The van der Waals surface area contributed by atoms with Crippen molar-refractivity contribution in [2.45, 2.75) is 33.4 Å². The van der Waals surface area contributed by atoms with Crippen molar-refractivity contribution in [3.8, 4) is 5.88 Å². The lowest BCUT2D eigenvalue weighted by Gasteiger charge is -2.13. The van der Waals surface area contributed by atoms with Crippen molar-refractivity contribution in [1.29, 1.82) is 0 Å². The molecule has 2 aromatic heterocycles. The zero-order chi connectivity index (χ0) is 16.5. The van der Waals surface area contributed by atoms with Crippen molar-refractivity contribution in [2.24, 2.45) is 4.99 Å². The molecule has 2 N–H and O–H groups in total. The highest BCUT2D eigenvalue weighted by Crippen LogP contribution is 2.15. The summed E-state index contributed by atoms with van der Waals surface area (Å²) in [6, 6.07) is 8.20. The molecule has 132 valence electrons. The molecular formula is C17H25IN4OS. The first-order chi connectivity index (χ1) is 11.2. The van der Waals surface area contributed by atoms with Gasteiger partial charge in [0.1, 0.15) is 0 Å². The van der Waals surface area contributed by atoms with E-state index in [0.29, 0.717) is 19.0 Å². The maximum absolute atomic E-state index is 5.67. The van der Waals surface area contributed by atoms with E-state index >= 15 is 0 Å². The average Bonchev–Trinajstić information content (AvgIpc) is 2.99. The topological polar surface area (TPSA) is 58.5 Å². The molecule has 0 bridgehead atoms. The standard InChI is InChI=1S/C17H24N4OS.HI/c1-4-10-22-16-14(6-5-9-19-16)11-20-17(18-3)21-12-15-8-7-13(2)23-15;/h5-9H,4,10-12H2,1-3H3,(H2,18,20,21);1H. The van der Waals surface area contributed by atoms with Crippen LogP contribution in [-0.4, -0.2) is 24.6 Å². The molecule has 0 unspecified atom stereocenters. The van der Waals surface area contributed by atoms with E-state index in [9.17, 15) is 0 Å². The zero-order valence-corrected chi connectivity index (χ0v) is 17.5. The van der Waals surface area contributed by atoms with Gasteiger partial charge in [0.05, 0.1) is 13.2 Å². The Labute approximate surface area is 165 Å². The predicted molar refractivity (Wildman–Crippen MR) is 112 cm³/mol. The van der Waals surface area contributed by atoms with E-state index in [1.54, 1.807) is 24.6 Å². The summed E-state index contributed by atoms with van der Waals surface area (Å²) in [5.41, 5.74) is 1.02. The van der Waals surface area contributed by atoms with Gasteiger partial charge in [-0.05, 0) is 31.5 Å². The second-order valence-corrected chi connectivity index (χ2v) is 6.48. The molecule has 0 aromatic carbocycles. The Morgan fingerprint density at radius 1 is 1.25 bits per heavy atom. The van der Waals surface area contributed by atoms with Crippen LogP contribution in [0.25, 0.3) is 0 Å². The van der Waals surface area contributed by atoms with Crippen LogP contribution in [-0.2, 0) is 13.1 Å². The van der Waals surface area contributed by atoms with E-state index in [-0.39, 0.29) is 24.0 Å². The van der Waals surface area contributed by atoms with E-state index in [1.165, 1.54) is 9.75 Å². The van der Waals surface area contributed by atoms with Crippen LogP contribution in [0.4, 0.5) is 0 Å². The molecule has 5 nitrogen and oxygen atoms in total. The SMILES string of the molecule is CCCOc1ncccc1CNC(=NC)NCc1ccc(C)s1.I. The second-order valence-electron chi connectivity index (χ2n) is 5.11. The van der Waals surface area contributed by atoms with E-state index < -0.39 is 0 Å². The van der Waals surface area contributed by atoms with Gasteiger partial charge in [-0.15, -0.1) is 35.3 Å². The first kappa shape index (κ1) is 20.7. The highest BCUT2D eigenvalue weighted by molar-refractivity contribution is 14.0. The summed E-state index contributed by atoms with van der Waals surface area (Å²) in [5.74, 6) is 1.45. The van der Waals surface area contributed by atoms with Gasteiger partial charge >= 0.3 is 0 Å². The molecule has 0 aliphatic rings. The fourth-order valence-electron chi connectivity index (χ4n) is 2.04. The summed E-state index contributed by atoms with van der Waals surface area (Å²) < 4.78 is 5.67. The number of guanidine groups is 1. The van der Waals surface area contributed by atoms with Gasteiger partial charge in [-0.1, -0.05) is 13.0 Å². The molecule has 2 aromatic rings. The van der Waals surface area contributed by atoms with Gasteiger partial charge in [-0.3, -0.25) is 4.99 Å². The highest BCUT2D eigenvalue weighted by atomic mass is 127. The molecule has 0 saturated carbocycles. The minimum Gasteiger partial charge on any atom is -0.477 e. The number of aromatic nitrogens is 1. The van der Waals surface area contributed by atoms with Crippen LogP contribution in [0.1, 0.15) is 28.7 Å². The summed E-state index contributed by atoms with van der Waals surface area (Å²) in [4.78, 5) is 11.2. The summed E-state index contributed by atoms with van der Waals surface area (Å²) in [5, 5.41) is 6.62. The van der Waals surface area contributed by atoms with Crippen molar-refractivity contribution in [2.75, 3.05) is 13.7 Å². The van der Waals surface area contributed by atoms with Crippen molar-refractivity contribution in [3.05, 3.63) is 45.8 Å². The van der Waals surface area contributed by atoms with E-state index in [4.69, 9.17) is 4.74 Å². The molecule has 0 radical (unpaired) electrons. The van der Waals surface area contributed by atoms with Gasteiger partial charge in [0.2, 0.25) is 5.88 Å². The van der Waals surface area contributed by atoms with Gasteiger partial charge in [0, 0.05) is 35.1 Å². The monoisotopic (exact) mass is 460 g/mol. The number of rotatable bonds is 7. The molecule has 24 heavy (non-hydrogen) atoms. The Morgan fingerprint density at radius 2 is 2.04 bits per heavy atom. The first-order valence-electron chi connectivity index (χ1n) is 7.79. The Hall–Kier alpha value is -1.35. The molecule has 2 heterocycles. The van der Waals surface area contributed by atoms with Gasteiger partial charge in [0.15, 0.2) is 5.96 Å². The third-order valence-electron chi connectivity index (χ3n) is 3.19. The number of nitrogens with one attached hydrogen (secondary N) is 2. The molecule has 0 aliphatic carbocycles. The van der Waals surface area contributed by atoms with Gasteiger partial charge in [-0.2, -0.15) is 0 Å². The van der Waals surface area contributed by atoms with Gasteiger partial charge in [-0.25, -0.2) is 4.98 Å². The van der Waals surface area contributed by atoms with Crippen molar-refractivity contribution >= 4 is 41.3 Å². The van der Waals surface area contributed by atoms with Crippen LogP contribution >= 0.6 is 35.3 Å². The maximum atomic E-state index is 5.67. The van der Waals surface area contributed by atoms with Crippen molar-refractivity contribution in [3.63, 3.8) is 0 Å². The number of hydrogen-bond donors (Lipinski definition) is 2. The molecule has 2 rings (SSSR count). The lowest BCUT2D eigenvalue weighted by atomic mass is 10.2. The van der Waals surface area contributed by atoms with Gasteiger partial charge in [0.25, 0.3) is 0 Å². The number of aryl methyl sites for hydroxylation is 1. The van der Waals surface area contributed by atoms with Crippen LogP contribution in [0.5, 0.6) is 5.88 Å². The molecule has 0 amide bonds. The van der Waals surface area contributed by atoms with Crippen molar-refractivity contribution in [1.82, 2.24) is 15.6 Å². The summed E-state index contributed by atoms with van der Waals surface area (Å²) in [6.45, 7) is 6.26. The quantitative estimate of drug-likeness (QED) is 0.376. The second kappa shape index (κ2) is 11.2. The normalized spacial score (nSPS) is 10.9. The summed E-state index contributed by atoms with van der Waals surface area (Å²) >= 11 is 1.79. The molecular weight excluding hydrogens is 435 g/mol. The van der Waals surface area contributed by atoms with E-state index in [0.717, 1.165) is 24.5 Å². The fraction of sp³-hybridized carbons (Fsp3) is 0.412. The molecule has 7 heteroatoms. The fourth-order valence-corrected chi connectivity index (χ4v) is 2.87. The minimum atomic E-state index is 0. The zero-order valence-electron chi connectivity index (χ0n) is 14.3. The largest absolute Gasteiger partial charge is 0.477 e. The molecule has 0 atom stereocenters. The molecule has 0 fully saturated rings. The lowest BCUT2D eigenvalue weighted by molar-refractivity contribution is 0.301. The number of thiophene rings is 1. The number of pyridine rings is 1. The maximum Gasteiger partial charge on any atom is 0.218 e. The van der Waals surface area contributed by atoms with Gasteiger partial charge < -0.3 is 15.4 Å². The first-order valence-corrected chi connectivity index (χ1v) is 8.61. The van der Waals surface area contributed by atoms with Crippen LogP contribution < -0.4 is 15.4 Å². The number of aliphatic imine (C=N–C) groups is 1. The summed E-state index contributed by atoms with van der Waals surface area (Å²) in [7, 11) is 1.77. The van der Waals surface area contributed by atoms with Crippen LogP contribution in [0.15, 0.2) is 35.5 Å². The predicted octanol–water partition coefficient (Wildman–Crippen LogP) is 3.72. The highest BCUT2D eigenvalue weighted by Gasteiger charge is 2.06. The lowest BCUT2D eigenvalue weighted by Crippen LogP contribution is -2.36. The number of nitrogens with zero attached hydrogens (tertiary/aromatic N) is 2. The Bertz CT molecular complexity index is 645. The third-order valence-corrected chi connectivity index (χ3v) is 4.19.